The Morgan fingerprint density at radius 1 is 1.47 bits per heavy atom. The minimum Gasteiger partial charge on any atom is -0.477 e. The molecule has 0 aliphatic heterocycles. The molecule has 2 heterocycles. The van der Waals surface area contributed by atoms with Crippen LogP contribution in [0.25, 0.3) is 22.2 Å². The Kier molecular flexibility index (Phi) is 2.57. The lowest BCUT2D eigenvalue weighted by atomic mass is 10.1. The second kappa shape index (κ2) is 4.13. The third-order valence-electron chi connectivity index (χ3n) is 2.98. The zero-order valence-corrected chi connectivity index (χ0v) is 10.7. The van der Waals surface area contributed by atoms with Crippen molar-refractivity contribution in [2.24, 2.45) is 0 Å². The van der Waals surface area contributed by atoms with E-state index >= 15 is 0 Å². The number of benzene rings is 1. The number of nitrogens with one attached hydrogen (secondary N) is 1. The normalized spacial score (nSPS) is 11.1. The summed E-state index contributed by atoms with van der Waals surface area (Å²) < 4.78 is 5.11. The molecular formula is C13H9ClN2O3. The lowest BCUT2D eigenvalue weighted by molar-refractivity contribution is 0.0697. The van der Waals surface area contributed by atoms with Gasteiger partial charge >= 0.3 is 5.97 Å². The van der Waals surface area contributed by atoms with Gasteiger partial charge in [-0.2, -0.15) is 0 Å². The fraction of sp³-hybridized carbons (Fsp3) is 0.0769. The predicted octanol–water partition coefficient (Wildman–Crippen LogP) is 3.48. The van der Waals surface area contributed by atoms with Crippen molar-refractivity contribution in [3.05, 3.63) is 40.7 Å². The van der Waals surface area contributed by atoms with Crippen LogP contribution in [0, 0.1) is 6.92 Å². The predicted molar refractivity (Wildman–Crippen MR) is 70.5 cm³/mol. The summed E-state index contributed by atoms with van der Waals surface area (Å²) in [6, 6.07) is 5.35. The standard InChI is InChI=1S/C13H9ClN2O3/c1-6-11(12-9(13(17)18)5-15-19-12)8-3-2-7(14)4-10(8)16-6/h2-5,16H,1H3,(H,17,18). The van der Waals surface area contributed by atoms with Crippen LogP contribution in [0.15, 0.2) is 28.9 Å². The summed E-state index contributed by atoms with van der Waals surface area (Å²) in [6.07, 6.45) is 1.20. The van der Waals surface area contributed by atoms with Crippen LogP contribution in [-0.4, -0.2) is 21.2 Å². The average Bonchev–Trinajstić information content (AvgIpc) is 2.91. The van der Waals surface area contributed by atoms with Crippen LogP contribution in [0.1, 0.15) is 16.1 Å². The molecule has 0 radical (unpaired) electrons. The Bertz CT molecular complexity index is 788. The molecule has 2 aromatic heterocycles. The van der Waals surface area contributed by atoms with Crippen molar-refractivity contribution in [3.8, 4) is 11.3 Å². The molecule has 0 fully saturated rings. The van der Waals surface area contributed by atoms with Crippen molar-refractivity contribution in [2.45, 2.75) is 6.92 Å². The highest BCUT2D eigenvalue weighted by Gasteiger charge is 2.22. The van der Waals surface area contributed by atoms with Crippen molar-refractivity contribution >= 4 is 28.5 Å². The van der Waals surface area contributed by atoms with Crippen molar-refractivity contribution in [1.82, 2.24) is 10.1 Å². The van der Waals surface area contributed by atoms with E-state index in [4.69, 9.17) is 21.2 Å². The zero-order valence-electron chi connectivity index (χ0n) is 9.90. The molecule has 6 heteroatoms. The molecule has 3 rings (SSSR count). The summed E-state index contributed by atoms with van der Waals surface area (Å²) in [4.78, 5) is 14.3. The maximum absolute atomic E-state index is 11.1. The second-order valence-corrected chi connectivity index (χ2v) is 4.63. The number of carboxylic acid groups (broad SMARTS) is 1. The Hall–Kier alpha value is -2.27. The van der Waals surface area contributed by atoms with E-state index in [2.05, 4.69) is 10.1 Å². The van der Waals surface area contributed by atoms with E-state index in [-0.39, 0.29) is 11.3 Å². The van der Waals surface area contributed by atoms with Gasteiger partial charge in [0.05, 0.1) is 6.20 Å². The van der Waals surface area contributed by atoms with Crippen molar-refractivity contribution in [3.63, 3.8) is 0 Å². The summed E-state index contributed by atoms with van der Waals surface area (Å²) in [5.41, 5.74) is 2.37. The van der Waals surface area contributed by atoms with Gasteiger partial charge in [-0.3, -0.25) is 0 Å². The fourth-order valence-electron chi connectivity index (χ4n) is 2.17. The first-order chi connectivity index (χ1) is 9.08. The van der Waals surface area contributed by atoms with Gasteiger partial charge < -0.3 is 14.6 Å². The number of rotatable bonds is 2. The van der Waals surface area contributed by atoms with Gasteiger partial charge in [0, 0.05) is 27.2 Å². The quantitative estimate of drug-likeness (QED) is 0.751. The SMILES string of the molecule is Cc1[nH]c2cc(Cl)ccc2c1-c1oncc1C(=O)O. The van der Waals surface area contributed by atoms with Crippen molar-refractivity contribution in [1.29, 1.82) is 0 Å². The molecular weight excluding hydrogens is 268 g/mol. The van der Waals surface area contributed by atoms with Gasteiger partial charge in [-0.1, -0.05) is 22.8 Å². The highest BCUT2D eigenvalue weighted by Crippen LogP contribution is 2.35. The molecule has 0 saturated carbocycles. The number of aromatic amines is 1. The van der Waals surface area contributed by atoms with Crippen molar-refractivity contribution in [2.75, 3.05) is 0 Å². The Morgan fingerprint density at radius 2 is 2.26 bits per heavy atom. The topological polar surface area (TPSA) is 79.1 Å². The Labute approximate surface area is 112 Å². The number of aromatic carboxylic acids is 1. The van der Waals surface area contributed by atoms with Crippen LogP contribution in [0.4, 0.5) is 0 Å². The summed E-state index contributed by atoms with van der Waals surface area (Å²) in [5, 5.41) is 14.2. The maximum atomic E-state index is 11.1. The largest absolute Gasteiger partial charge is 0.477 e. The van der Waals surface area contributed by atoms with Gasteiger partial charge in [-0.15, -0.1) is 0 Å². The van der Waals surface area contributed by atoms with Gasteiger partial charge in [0.2, 0.25) is 0 Å². The molecule has 0 bridgehead atoms. The van der Waals surface area contributed by atoms with Crippen LogP contribution >= 0.6 is 11.6 Å². The first-order valence-corrected chi connectivity index (χ1v) is 5.92. The average molecular weight is 277 g/mol. The summed E-state index contributed by atoms with van der Waals surface area (Å²) in [6.45, 7) is 1.84. The minimum atomic E-state index is -1.07. The minimum absolute atomic E-state index is 0.0407. The third kappa shape index (κ3) is 1.79. The van der Waals surface area contributed by atoms with Crippen LogP contribution in [0.3, 0.4) is 0 Å². The van der Waals surface area contributed by atoms with Gasteiger partial charge in [-0.05, 0) is 19.1 Å². The molecule has 0 aliphatic carbocycles. The molecule has 2 N–H and O–H groups in total. The number of nitrogens with zero attached hydrogens (tertiary/aromatic N) is 1. The second-order valence-electron chi connectivity index (χ2n) is 4.19. The van der Waals surface area contributed by atoms with E-state index in [0.29, 0.717) is 10.6 Å². The number of carbonyl (C=O) groups is 1. The number of hydrogen-bond donors (Lipinski definition) is 2. The number of halogens is 1. The lowest BCUT2D eigenvalue weighted by Gasteiger charge is -1.98. The van der Waals surface area contributed by atoms with Crippen LogP contribution in [-0.2, 0) is 0 Å². The molecule has 0 spiro atoms. The van der Waals surface area contributed by atoms with E-state index in [9.17, 15) is 4.79 Å². The Balaban J connectivity index is 2.33. The third-order valence-corrected chi connectivity index (χ3v) is 3.21. The first-order valence-electron chi connectivity index (χ1n) is 5.54. The molecule has 1 aromatic carbocycles. The molecule has 0 aliphatic rings. The molecule has 0 atom stereocenters. The Morgan fingerprint density at radius 3 is 3.00 bits per heavy atom. The van der Waals surface area contributed by atoms with E-state index < -0.39 is 5.97 Å². The molecule has 0 unspecified atom stereocenters. The van der Waals surface area contributed by atoms with Gasteiger partial charge in [-0.25, -0.2) is 4.79 Å². The number of H-pyrrole nitrogens is 1. The summed E-state index contributed by atoms with van der Waals surface area (Å²) >= 11 is 5.94. The van der Waals surface area contributed by atoms with E-state index in [1.807, 2.05) is 13.0 Å². The highest BCUT2D eigenvalue weighted by atomic mass is 35.5. The smallest absolute Gasteiger partial charge is 0.341 e. The number of aryl methyl sites for hydroxylation is 1. The maximum Gasteiger partial charge on any atom is 0.341 e. The van der Waals surface area contributed by atoms with Gasteiger partial charge in [0.25, 0.3) is 0 Å². The number of aromatic nitrogens is 2. The van der Waals surface area contributed by atoms with E-state index in [0.717, 1.165) is 16.6 Å². The van der Waals surface area contributed by atoms with Crippen LogP contribution in [0.5, 0.6) is 0 Å². The van der Waals surface area contributed by atoms with Gasteiger partial charge in [0.1, 0.15) is 5.56 Å². The molecule has 19 heavy (non-hydrogen) atoms. The monoisotopic (exact) mass is 276 g/mol. The fourth-order valence-corrected chi connectivity index (χ4v) is 2.34. The number of fused-ring (bicyclic) bond motifs is 1. The molecule has 96 valence electrons. The van der Waals surface area contributed by atoms with Crippen LogP contribution < -0.4 is 0 Å². The lowest BCUT2D eigenvalue weighted by Crippen LogP contribution is -1.96. The summed E-state index contributed by atoms with van der Waals surface area (Å²) in [7, 11) is 0. The highest BCUT2D eigenvalue weighted by molar-refractivity contribution is 6.31. The first kappa shape index (κ1) is 11.8. The molecule has 5 nitrogen and oxygen atoms in total. The summed E-state index contributed by atoms with van der Waals surface area (Å²) in [5.74, 6) is -0.822. The molecule has 0 saturated heterocycles. The van der Waals surface area contributed by atoms with E-state index in [1.165, 1.54) is 6.20 Å². The number of hydrogen-bond acceptors (Lipinski definition) is 3. The van der Waals surface area contributed by atoms with E-state index in [1.54, 1.807) is 12.1 Å². The van der Waals surface area contributed by atoms with Crippen LogP contribution in [0.2, 0.25) is 5.02 Å². The van der Waals surface area contributed by atoms with Gasteiger partial charge in [0.15, 0.2) is 5.76 Å². The number of carboxylic acids is 1. The molecule has 3 aromatic rings. The van der Waals surface area contributed by atoms with Crippen molar-refractivity contribution < 1.29 is 14.4 Å². The zero-order chi connectivity index (χ0) is 13.6. The molecule has 0 amide bonds.